The Morgan fingerprint density at radius 1 is 1.08 bits per heavy atom. The molecule has 6 nitrogen and oxygen atoms in total. The van der Waals surface area contributed by atoms with Crippen molar-refractivity contribution in [2.75, 3.05) is 13.7 Å². The zero-order valence-electron chi connectivity index (χ0n) is 7.20. The smallest absolute Gasteiger partial charge is 0.185 e. The Bertz CT molecular complexity index is 161. The molecule has 0 unspecified atom stereocenters. The average Bonchev–Trinajstić information content (AvgIpc) is 2.22. The van der Waals surface area contributed by atoms with Crippen LogP contribution in [0.2, 0.25) is 0 Å². The van der Waals surface area contributed by atoms with Gasteiger partial charge in [0, 0.05) is 7.11 Å². The van der Waals surface area contributed by atoms with Gasteiger partial charge in [0.1, 0.15) is 24.4 Å². The summed E-state index contributed by atoms with van der Waals surface area (Å²) < 4.78 is 9.57. The average molecular weight is 194 g/mol. The quantitative estimate of drug-likeness (QED) is 0.366. The lowest BCUT2D eigenvalue weighted by atomic mass is 10.0. The van der Waals surface area contributed by atoms with E-state index in [1.54, 1.807) is 0 Å². The number of ether oxygens (including phenoxy) is 2. The fraction of sp³-hybridized carbons (Fsp3) is 1.00. The monoisotopic (exact) mass is 194 g/mol. The van der Waals surface area contributed by atoms with Gasteiger partial charge in [-0.15, -0.1) is 0 Å². The highest BCUT2D eigenvalue weighted by atomic mass is 16.7. The van der Waals surface area contributed by atoms with Crippen molar-refractivity contribution in [2.24, 2.45) is 0 Å². The van der Waals surface area contributed by atoms with Gasteiger partial charge < -0.3 is 29.9 Å². The van der Waals surface area contributed by atoms with E-state index < -0.39 is 30.7 Å². The SMILES string of the molecule is CO[C@@H]1OC[C@@H](O)[C@@H](O)[C@H](O)[C@H]1O. The zero-order chi connectivity index (χ0) is 10.0. The van der Waals surface area contributed by atoms with Crippen LogP contribution in [0, 0.1) is 0 Å². The molecule has 0 aliphatic carbocycles. The predicted octanol–water partition coefficient (Wildman–Crippen LogP) is -2.57. The Morgan fingerprint density at radius 3 is 2.23 bits per heavy atom. The van der Waals surface area contributed by atoms with Crippen LogP contribution >= 0.6 is 0 Å². The van der Waals surface area contributed by atoms with Crippen molar-refractivity contribution in [3.63, 3.8) is 0 Å². The number of methoxy groups -OCH3 is 1. The molecule has 6 heteroatoms. The van der Waals surface area contributed by atoms with Crippen molar-refractivity contribution in [1.82, 2.24) is 0 Å². The molecule has 0 radical (unpaired) electrons. The molecule has 4 N–H and O–H groups in total. The molecule has 0 aromatic rings. The molecule has 78 valence electrons. The number of aliphatic hydroxyl groups excluding tert-OH is 4. The molecule has 1 saturated heterocycles. The molecule has 1 rings (SSSR count). The summed E-state index contributed by atoms with van der Waals surface area (Å²) in [5, 5.41) is 37.0. The summed E-state index contributed by atoms with van der Waals surface area (Å²) in [5.74, 6) is 0. The van der Waals surface area contributed by atoms with Gasteiger partial charge in [-0.2, -0.15) is 0 Å². The molecule has 1 fully saturated rings. The number of hydrogen-bond acceptors (Lipinski definition) is 6. The summed E-state index contributed by atoms with van der Waals surface area (Å²) in [6.45, 7) is -0.187. The van der Waals surface area contributed by atoms with E-state index in [0.29, 0.717) is 0 Å². The van der Waals surface area contributed by atoms with Crippen LogP contribution in [0.15, 0.2) is 0 Å². The molecule has 13 heavy (non-hydrogen) atoms. The van der Waals surface area contributed by atoms with Crippen LogP contribution in [0.5, 0.6) is 0 Å². The van der Waals surface area contributed by atoms with Crippen LogP contribution in [0.1, 0.15) is 0 Å². The molecule has 1 aliphatic heterocycles. The maximum absolute atomic E-state index is 9.33. The standard InChI is InChI=1S/C7H14O6/c1-12-7-6(11)5(10)4(9)3(8)2-13-7/h3-11H,2H2,1H3/t3-,4-,5+,6-,7-/m1/s1. The molecule has 0 amide bonds. The minimum absolute atomic E-state index is 0.187. The third-order valence-corrected chi connectivity index (χ3v) is 2.04. The maximum Gasteiger partial charge on any atom is 0.185 e. The Hall–Kier alpha value is -0.240. The highest BCUT2D eigenvalue weighted by Crippen LogP contribution is 2.16. The Balaban J connectivity index is 2.69. The number of hydrogen-bond donors (Lipinski definition) is 4. The summed E-state index contributed by atoms with van der Waals surface area (Å²) in [5.41, 5.74) is 0. The van der Waals surface area contributed by atoms with Crippen LogP contribution < -0.4 is 0 Å². The van der Waals surface area contributed by atoms with Gasteiger partial charge in [0.25, 0.3) is 0 Å². The van der Waals surface area contributed by atoms with Crippen LogP contribution in [-0.2, 0) is 9.47 Å². The first-order valence-corrected chi connectivity index (χ1v) is 3.94. The zero-order valence-corrected chi connectivity index (χ0v) is 7.20. The van der Waals surface area contributed by atoms with Gasteiger partial charge in [0.2, 0.25) is 0 Å². The van der Waals surface area contributed by atoms with Gasteiger partial charge in [-0.05, 0) is 0 Å². The van der Waals surface area contributed by atoms with Crippen molar-refractivity contribution in [2.45, 2.75) is 30.7 Å². The first-order chi connectivity index (χ1) is 6.07. The van der Waals surface area contributed by atoms with E-state index in [0.717, 1.165) is 0 Å². The summed E-state index contributed by atoms with van der Waals surface area (Å²) in [6.07, 6.45) is -6.50. The van der Waals surface area contributed by atoms with Gasteiger partial charge in [0.05, 0.1) is 6.61 Å². The Morgan fingerprint density at radius 2 is 1.69 bits per heavy atom. The summed E-state index contributed by atoms with van der Waals surface area (Å²) in [6, 6.07) is 0. The van der Waals surface area contributed by atoms with E-state index >= 15 is 0 Å². The van der Waals surface area contributed by atoms with Gasteiger partial charge in [-0.3, -0.25) is 0 Å². The first-order valence-electron chi connectivity index (χ1n) is 3.94. The fourth-order valence-corrected chi connectivity index (χ4v) is 1.19. The van der Waals surface area contributed by atoms with E-state index in [1.165, 1.54) is 7.11 Å². The predicted molar refractivity (Wildman–Crippen MR) is 40.8 cm³/mol. The van der Waals surface area contributed by atoms with Gasteiger partial charge in [-0.25, -0.2) is 0 Å². The third kappa shape index (κ3) is 2.16. The first kappa shape index (κ1) is 10.8. The lowest BCUT2D eigenvalue weighted by Gasteiger charge is -2.23. The molecular weight excluding hydrogens is 180 g/mol. The lowest BCUT2D eigenvalue weighted by molar-refractivity contribution is -0.196. The van der Waals surface area contributed by atoms with Crippen molar-refractivity contribution in [1.29, 1.82) is 0 Å². The van der Waals surface area contributed by atoms with Crippen molar-refractivity contribution in [3.8, 4) is 0 Å². The fourth-order valence-electron chi connectivity index (χ4n) is 1.19. The lowest BCUT2D eigenvalue weighted by Crippen LogP contribution is -2.46. The second-order valence-corrected chi connectivity index (χ2v) is 2.98. The Kier molecular flexibility index (Phi) is 3.60. The molecule has 0 aromatic heterocycles. The second-order valence-electron chi connectivity index (χ2n) is 2.98. The minimum atomic E-state index is -1.47. The number of aliphatic hydroxyl groups is 4. The molecule has 0 aromatic carbocycles. The largest absolute Gasteiger partial charge is 0.388 e. The molecule has 0 saturated carbocycles. The highest BCUT2D eigenvalue weighted by Gasteiger charge is 2.39. The van der Waals surface area contributed by atoms with Gasteiger partial charge in [-0.1, -0.05) is 0 Å². The maximum atomic E-state index is 9.33. The topological polar surface area (TPSA) is 99.4 Å². The van der Waals surface area contributed by atoms with Crippen molar-refractivity contribution >= 4 is 0 Å². The molecule has 0 bridgehead atoms. The van der Waals surface area contributed by atoms with E-state index in [4.69, 9.17) is 14.6 Å². The summed E-state index contributed by atoms with van der Waals surface area (Å²) >= 11 is 0. The van der Waals surface area contributed by atoms with Crippen LogP contribution in [0.3, 0.4) is 0 Å². The summed E-state index contributed by atoms with van der Waals surface area (Å²) in [7, 11) is 1.30. The van der Waals surface area contributed by atoms with E-state index in [-0.39, 0.29) is 6.61 Å². The van der Waals surface area contributed by atoms with E-state index in [2.05, 4.69) is 0 Å². The number of rotatable bonds is 1. The molecule has 0 spiro atoms. The second kappa shape index (κ2) is 4.32. The molecule has 1 aliphatic rings. The van der Waals surface area contributed by atoms with E-state index in [1.807, 2.05) is 0 Å². The van der Waals surface area contributed by atoms with Crippen LogP contribution in [-0.4, -0.2) is 64.8 Å². The van der Waals surface area contributed by atoms with Crippen LogP contribution in [0.4, 0.5) is 0 Å². The van der Waals surface area contributed by atoms with E-state index in [9.17, 15) is 15.3 Å². The molecule has 5 atom stereocenters. The van der Waals surface area contributed by atoms with Crippen molar-refractivity contribution < 1.29 is 29.9 Å². The van der Waals surface area contributed by atoms with Gasteiger partial charge >= 0.3 is 0 Å². The third-order valence-electron chi connectivity index (χ3n) is 2.04. The van der Waals surface area contributed by atoms with Crippen molar-refractivity contribution in [3.05, 3.63) is 0 Å². The summed E-state index contributed by atoms with van der Waals surface area (Å²) in [4.78, 5) is 0. The molecule has 1 heterocycles. The van der Waals surface area contributed by atoms with Crippen LogP contribution in [0.25, 0.3) is 0 Å². The Labute approximate surface area is 75.3 Å². The normalized spacial score (nSPS) is 47.3. The highest BCUT2D eigenvalue weighted by molar-refractivity contribution is 4.85. The van der Waals surface area contributed by atoms with Gasteiger partial charge in [0.15, 0.2) is 6.29 Å². The molecular formula is C7H14O6. The minimum Gasteiger partial charge on any atom is -0.388 e.